The highest BCUT2D eigenvalue weighted by atomic mass is 35.5. The lowest BCUT2D eigenvalue weighted by Gasteiger charge is -2.34. The SMILES string of the molecule is CC(=O)N1CCN(c2nc(-c3ccc(Cl)cc3)c3c(N)n(-c4ccc(Cl)cc4)nc3n2)CC1. The zero-order chi connectivity index (χ0) is 23.1. The molecule has 2 aromatic heterocycles. The highest BCUT2D eigenvalue weighted by Gasteiger charge is 2.24. The lowest BCUT2D eigenvalue weighted by atomic mass is 10.1. The Hall–Kier alpha value is -3.36. The number of aromatic nitrogens is 4. The summed E-state index contributed by atoms with van der Waals surface area (Å²) in [6.07, 6.45) is 0. The molecule has 1 amide bonds. The first-order valence-electron chi connectivity index (χ1n) is 10.5. The molecule has 3 heterocycles. The van der Waals surface area contributed by atoms with E-state index in [0.717, 1.165) is 11.3 Å². The van der Waals surface area contributed by atoms with Crippen molar-refractivity contribution >= 4 is 51.9 Å². The van der Waals surface area contributed by atoms with Crippen LogP contribution in [0.5, 0.6) is 0 Å². The molecule has 8 nitrogen and oxygen atoms in total. The molecule has 2 N–H and O–H groups in total. The van der Waals surface area contributed by atoms with Crippen LogP contribution in [0.2, 0.25) is 10.0 Å². The molecule has 0 spiro atoms. The third-order valence-corrected chi connectivity index (χ3v) is 6.26. The standard InChI is InChI=1S/C23H21Cl2N7O/c1-14(33)30-10-12-31(13-11-30)23-27-20(15-2-4-16(24)5-3-15)19-21(26)32(29-22(19)28-23)18-8-6-17(25)7-9-18/h2-9H,10-13,26H2,1H3. The number of hydrogen-bond donors (Lipinski definition) is 1. The highest BCUT2D eigenvalue weighted by Crippen LogP contribution is 2.34. The van der Waals surface area contributed by atoms with Crippen LogP contribution in [0.4, 0.5) is 11.8 Å². The fourth-order valence-electron chi connectivity index (χ4n) is 3.96. The molecule has 10 heteroatoms. The summed E-state index contributed by atoms with van der Waals surface area (Å²) in [4.78, 5) is 25.2. The maximum absolute atomic E-state index is 11.7. The Balaban J connectivity index is 1.65. The molecule has 2 aromatic carbocycles. The van der Waals surface area contributed by atoms with Crippen molar-refractivity contribution in [3.8, 4) is 16.9 Å². The number of halogens is 2. The number of anilines is 2. The Morgan fingerprint density at radius 2 is 1.52 bits per heavy atom. The molecule has 1 aliphatic heterocycles. The smallest absolute Gasteiger partial charge is 0.228 e. The van der Waals surface area contributed by atoms with E-state index in [0.29, 0.717) is 64.7 Å². The highest BCUT2D eigenvalue weighted by molar-refractivity contribution is 6.30. The van der Waals surface area contributed by atoms with Crippen LogP contribution < -0.4 is 10.6 Å². The van der Waals surface area contributed by atoms with Crippen LogP contribution >= 0.6 is 23.2 Å². The minimum absolute atomic E-state index is 0.0716. The fraction of sp³-hybridized carbons (Fsp3) is 0.217. The van der Waals surface area contributed by atoms with E-state index in [1.165, 1.54) is 0 Å². The monoisotopic (exact) mass is 481 g/mol. The molecule has 1 fully saturated rings. The van der Waals surface area contributed by atoms with Crippen LogP contribution in [0.15, 0.2) is 48.5 Å². The third kappa shape index (κ3) is 4.07. The van der Waals surface area contributed by atoms with Crippen molar-refractivity contribution in [3.63, 3.8) is 0 Å². The number of rotatable bonds is 3. The summed E-state index contributed by atoms with van der Waals surface area (Å²) < 4.78 is 1.65. The van der Waals surface area contributed by atoms with E-state index in [-0.39, 0.29) is 5.91 Å². The predicted molar refractivity (Wildman–Crippen MR) is 131 cm³/mol. The first kappa shape index (κ1) is 21.5. The second-order valence-corrected chi connectivity index (χ2v) is 8.72. The molecule has 0 atom stereocenters. The van der Waals surface area contributed by atoms with Gasteiger partial charge in [0, 0.05) is 48.7 Å². The Morgan fingerprint density at radius 1 is 0.909 bits per heavy atom. The van der Waals surface area contributed by atoms with Crippen molar-refractivity contribution in [3.05, 3.63) is 58.6 Å². The second kappa shape index (κ2) is 8.53. The van der Waals surface area contributed by atoms with Gasteiger partial charge in [-0.05, 0) is 36.4 Å². The number of piperazine rings is 1. The van der Waals surface area contributed by atoms with Gasteiger partial charge < -0.3 is 15.5 Å². The average molecular weight is 482 g/mol. The molecule has 0 bridgehead atoms. The number of nitrogens with zero attached hydrogens (tertiary/aromatic N) is 6. The summed E-state index contributed by atoms with van der Waals surface area (Å²) in [6.45, 7) is 4.10. The van der Waals surface area contributed by atoms with Gasteiger partial charge in [-0.1, -0.05) is 35.3 Å². The predicted octanol–water partition coefficient (Wildman–Crippen LogP) is 4.04. The number of hydrogen-bond acceptors (Lipinski definition) is 6. The summed E-state index contributed by atoms with van der Waals surface area (Å²) in [6, 6.07) is 14.7. The molecule has 0 radical (unpaired) electrons. The number of carbonyl (C=O) groups is 1. The van der Waals surface area contributed by atoms with E-state index in [2.05, 4.69) is 4.90 Å². The van der Waals surface area contributed by atoms with Crippen LogP contribution in [-0.4, -0.2) is 56.7 Å². The summed E-state index contributed by atoms with van der Waals surface area (Å²) in [5.74, 6) is 1.06. The zero-order valence-corrected chi connectivity index (χ0v) is 19.4. The number of nitrogens with two attached hydrogens (primary N) is 1. The van der Waals surface area contributed by atoms with Crippen molar-refractivity contribution in [2.45, 2.75) is 6.92 Å². The molecule has 0 saturated carbocycles. The first-order valence-corrected chi connectivity index (χ1v) is 11.2. The topological polar surface area (TPSA) is 93.2 Å². The summed E-state index contributed by atoms with van der Waals surface area (Å²) in [7, 11) is 0. The van der Waals surface area contributed by atoms with Gasteiger partial charge in [0.2, 0.25) is 11.9 Å². The largest absolute Gasteiger partial charge is 0.383 e. The Labute approximate surface area is 200 Å². The molecular weight excluding hydrogens is 461 g/mol. The minimum atomic E-state index is 0.0716. The lowest BCUT2D eigenvalue weighted by Crippen LogP contribution is -2.48. The van der Waals surface area contributed by atoms with Crippen molar-refractivity contribution in [1.82, 2.24) is 24.6 Å². The molecule has 4 aromatic rings. The molecule has 0 aliphatic carbocycles. The minimum Gasteiger partial charge on any atom is -0.383 e. The first-order chi connectivity index (χ1) is 15.9. The normalized spacial score (nSPS) is 14.2. The quantitative estimate of drug-likeness (QED) is 0.474. The van der Waals surface area contributed by atoms with E-state index in [9.17, 15) is 4.79 Å². The van der Waals surface area contributed by atoms with Crippen LogP contribution in [0.25, 0.3) is 28.0 Å². The molecule has 33 heavy (non-hydrogen) atoms. The molecule has 5 rings (SSSR count). The third-order valence-electron chi connectivity index (χ3n) is 5.75. The van der Waals surface area contributed by atoms with E-state index >= 15 is 0 Å². The van der Waals surface area contributed by atoms with Gasteiger partial charge in [-0.2, -0.15) is 4.98 Å². The van der Waals surface area contributed by atoms with Crippen molar-refractivity contribution < 1.29 is 4.79 Å². The van der Waals surface area contributed by atoms with Crippen LogP contribution in [0, 0.1) is 0 Å². The van der Waals surface area contributed by atoms with Gasteiger partial charge in [0.25, 0.3) is 0 Å². The lowest BCUT2D eigenvalue weighted by molar-refractivity contribution is -0.129. The summed E-state index contributed by atoms with van der Waals surface area (Å²) in [5.41, 5.74) is 9.36. The fourth-order valence-corrected chi connectivity index (χ4v) is 4.21. The van der Waals surface area contributed by atoms with E-state index in [1.807, 2.05) is 41.3 Å². The number of carbonyl (C=O) groups excluding carboxylic acids is 1. The number of fused-ring (bicyclic) bond motifs is 1. The Kier molecular flexibility index (Phi) is 5.55. The number of benzene rings is 2. The molecular formula is C23H21Cl2N7O. The zero-order valence-electron chi connectivity index (χ0n) is 17.9. The van der Waals surface area contributed by atoms with Crippen molar-refractivity contribution in [2.24, 2.45) is 0 Å². The maximum Gasteiger partial charge on any atom is 0.228 e. The number of nitrogen functional groups attached to an aromatic ring is 1. The summed E-state index contributed by atoms with van der Waals surface area (Å²) >= 11 is 12.2. The molecule has 168 valence electrons. The van der Waals surface area contributed by atoms with Gasteiger partial charge >= 0.3 is 0 Å². The molecule has 0 unspecified atom stereocenters. The van der Waals surface area contributed by atoms with Gasteiger partial charge in [-0.25, -0.2) is 9.67 Å². The van der Waals surface area contributed by atoms with Gasteiger partial charge in [0.05, 0.1) is 16.8 Å². The van der Waals surface area contributed by atoms with Crippen LogP contribution in [-0.2, 0) is 4.79 Å². The summed E-state index contributed by atoms with van der Waals surface area (Å²) in [5, 5.41) is 6.62. The van der Waals surface area contributed by atoms with Gasteiger partial charge in [0.15, 0.2) is 5.65 Å². The maximum atomic E-state index is 11.7. The van der Waals surface area contributed by atoms with Crippen molar-refractivity contribution in [1.29, 1.82) is 0 Å². The van der Waals surface area contributed by atoms with Gasteiger partial charge in [0.1, 0.15) is 5.82 Å². The second-order valence-electron chi connectivity index (χ2n) is 7.84. The van der Waals surface area contributed by atoms with Gasteiger partial charge in [-0.3, -0.25) is 4.79 Å². The van der Waals surface area contributed by atoms with E-state index < -0.39 is 0 Å². The van der Waals surface area contributed by atoms with Gasteiger partial charge in [-0.15, -0.1) is 5.10 Å². The van der Waals surface area contributed by atoms with Crippen LogP contribution in [0.3, 0.4) is 0 Å². The Bertz CT molecular complexity index is 1330. The molecule has 1 saturated heterocycles. The molecule has 1 aliphatic rings. The van der Waals surface area contributed by atoms with E-state index in [1.54, 1.807) is 23.7 Å². The van der Waals surface area contributed by atoms with Crippen molar-refractivity contribution in [2.75, 3.05) is 36.8 Å². The Morgan fingerprint density at radius 3 is 2.12 bits per heavy atom. The average Bonchev–Trinajstić information content (AvgIpc) is 3.16. The number of amides is 1. The van der Waals surface area contributed by atoms with E-state index in [4.69, 9.17) is 44.0 Å². The van der Waals surface area contributed by atoms with Crippen LogP contribution in [0.1, 0.15) is 6.92 Å².